The lowest BCUT2D eigenvalue weighted by Gasteiger charge is -2.09. The van der Waals surface area contributed by atoms with Crippen LogP contribution in [0.15, 0.2) is 53.9 Å². The van der Waals surface area contributed by atoms with E-state index in [2.05, 4.69) is 23.7 Å². The highest BCUT2D eigenvalue weighted by atomic mass is 32.1. The van der Waals surface area contributed by atoms with E-state index in [1.807, 2.05) is 48.7 Å². The van der Waals surface area contributed by atoms with Gasteiger partial charge in [-0.25, -0.2) is 10.3 Å². The molecule has 3 rings (SSSR count). The Kier molecular flexibility index (Phi) is 4.90. The van der Waals surface area contributed by atoms with Crippen LogP contribution in [0.2, 0.25) is 0 Å². The molecule has 0 fully saturated rings. The van der Waals surface area contributed by atoms with Crippen LogP contribution < -0.4 is 5.48 Å². The van der Waals surface area contributed by atoms with Gasteiger partial charge in [0.1, 0.15) is 0 Å². The number of para-hydroxylation sites is 1. The van der Waals surface area contributed by atoms with Crippen LogP contribution in [-0.2, 0) is 11.3 Å². The third-order valence-electron chi connectivity index (χ3n) is 3.45. The Hall–Kier alpha value is -2.37. The highest BCUT2D eigenvalue weighted by Gasteiger charge is 2.14. The molecule has 1 amide bonds. The minimum absolute atomic E-state index is 0.271. The van der Waals surface area contributed by atoms with E-state index in [0.717, 1.165) is 16.6 Å². The first-order valence-electron chi connectivity index (χ1n) is 7.51. The molecule has 1 aromatic carbocycles. The Morgan fingerprint density at radius 3 is 2.96 bits per heavy atom. The van der Waals surface area contributed by atoms with E-state index in [-0.39, 0.29) is 6.03 Å². The third kappa shape index (κ3) is 3.52. The molecule has 118 valence electrons. The zero-order valence-electron chi connectivity index (χ0n) is 12.9. The van der Waals surface area contributed by atoms with Crippen LogP contribution in [0.5, 0.6) is 0 Å². The van der Waals surface area contributed by atoms with Crippen molar-refractivity contribution in [1.29, 1.82) is 0 Å². The maximum Gasteiger partial charge on any atom is 0.350 e. The fourth-order valence-corrected chi connectivity index (χ4v) is 3.11. The van der Waals surface area contributed by atoms with Crippen molar-refractivity contribution in [3.05, 3.63) is 64.5 Å². The van der Waals surface area contributed by atoms with Gasteiger partial charge in [-0.3, -0.25) is 9.40 Å². The van der Waals surface area contributed by atoms with Gasteiger partial charge in [0, 0.05) is 22.4 Å². The second kappa shape index (κ2) is 7.26. The first kappa shape index (κ1) is 15.5. The lowest BCUT2D eigenvalue weighted by atomic mass is 10.2. The molecule has 2 aromatic heterocycles. The summed E-state index contributed by atoms with van der Waals surface area (Å²) in [5, 5.41) is 3.09. The number of nitrogens with one attached hydrogen (secondary N) is 1. The summed E-state index contributed by atoms with van der Waals surface area (Å²) in [7, 11) is 0. The number of hydroxylamine groups is 1. The number of benzene rings is 1. The molecule has 0 atom stereocenters. The molecule has 4 nitrogen and oxygen atoms in total. The summed E-state index contributed by atoms with van der Waals surface area (Å²) in [5.74, 6) is 0. The fraction of sp³-hybridized carbons (Fsp3) is 0.167. The van der Waals surface area contributed by atoms with Crippen LogP contribution in [0.25, 0.3) is 17.0 Å². The zero-order chi connectivity index (χ0) is 16.1. The fourth-order valence-electron chi connectivity index (χ4n) is 2.46. The van der Waals surface area contributed by atoms with Crippen molar-refractivity contribution < 1.29 is 9.63 Å². The van der Waals surface area contributed by atoms with Gasteiger partial charge in [-0.2, -0.15) is 0 Å². The number of hydrogen-bond donors (Lipinski definition) is 1. The predicted molar refractivity (Wildman–Crippen MR) is 94.6 cm³/mol. The minimum atomic E-state index is -0.271. The smallest absolute Gasteiger partial charge is 0.272 e. The van der Waals surface area contributed by atoms with Gasteiger partial charge in [-0.15, -0.1) is 11.3 Å². The first-order valence-corrected chi connectivity index (χ1v) is 8.39. The largest absolute Gasteiger partial charge is 0.350 e. The van der Waals surface area contributed by atoms with Crippen LogP contribution in [0, 0.1) is 0 Å². The monoisotopic (exact) mass is 326 g/mol. The molecule has 0 unspecified atom stereocenters. The third-order valence-corrected chi connectivity index (χ3v) is 4.28. The summed E-state index contributed by atoms with van der Waals surface area (Å²) in [4.78, 5) is 18.6. The van der Waals surface area contributed by atoms with Gasteiger partial charge in [0.2, 0.25) is 0 Å². The van der Waals surface area contributed by atoms with Crippen molar-refractivity contribution in [3.8, 4) is 0 Å². The number of allylic oxidation sites excluding steroid dienone is 1. The maximum absolute atomic E-state index is 12.4. The molecule has 5 heteroatoms. The molecule has 0 bridgehead atoms. The van der Waals surface area contributed by atoms with Gasteiger partial charge in [-0.05, 0) is 36.6 Å². The number of nitrogens with zero attached hydrogens (tertiary/aromatic N) is 1. The van der Waals surface area contributed by atoms with Crippen LogP contribution in [-0.4, -0.2) is 17.2 Å². The molecule has 0 aliphatic rings. The number of rotatable bonds is 5. The van der Waals surface area contributed by atoms with Crippen LogP contribution in [0.1, 0.15) is 17.5 Å². The average Bonchev–Trinajstić information content (AvgIpc) is 3.19. The van der Waals surface area contributed by atoms with E-state index in [4.69, 9.17) is 4.84 Å². The van der Waals surface area contributed by atoms with E-state index < -0.39 is 0 Å². The van der Waals surface area contributed by atoms with Crippen LogP contribution >= 0.6 is 11.3 Å². The van der Waals surface area contributed by atoms with Gasteiger partial charge in [-0.1, -0.05) is 30.3 Å². The molecule has 0 aliphatic carbocycles. The Bertz CT molecular complexity index is 819. The van der Waals surface area contributed by atoms with E-state index in [1.165, 1.54) is 4.88 Å². The molecule has 0 spiro atoms. The molecule has 0 saturated carbocycles. The number of hydrogen-bond acceptors (Lipinski definition) is 3. The average molecular weight is 326 g/mol. The molecular weight excluding hydrogens is 308 g/mol. The van der Waals surface area contributed by atoms with E-state index in [9.17, 15) is 4.79 Å². The topological polar surface area (TPSA) is 43.3 Å². The van der Waals surface area contributed by atoms with Crippen molar-refractivity contribution in [1.82, 2.24) is 10.0 Å². The Balaban J connectivity index is 1.90. The molecule has 23 heavy (non-hydrogen) atoms. The van der Waals surface area contributed by atoms with E-state index in [0.29, 0.717) is 13.0 Å². The summed E-state index contributed by atoms with van der Waals surface area (Å²) in [5.41, 5.74) is 4.28. The molecule has 0 radical (unpaired) electrons. The molecule has 1 N–H and O–H groups in total. The normalized spacial score (nSPS) is 11.3. The van der Waals surface area contributed by atoms with Gasteiger partial charge in [0.25, 0.3) is 0 Å². The van der Waals surface area contributed by atoms with Gasteiger partial charge in [0.05, 0.1) is 12.1 Å². The number of carbonyl (C=O) groups is 1. The Labute approximate surface area is 139 Å². The summed E-state index contributed by atoms with van der Waals surface area (Å²) in [6.45, 7) is 2.26. The van der Waals surface area contributed by atoms with E-state index >= 15 is 0 Å². The number of fused-ring (bicyclic) bond motifs is 1. The highest BCUT2D eigenvalue weighted by molar-refractivity contribution is 7.10. The predicted octanol–water partition coefficient (Wildman–Crippen LogP) is 4.47. The standard InChI is InChI=1S/C18H18N2O2S/c1-2-22-19-18(21)20-15(8-5-9-16-10-6-12-23-16)13-14-7-3-4-11-17(14)20/h3-7,9-13H,2,8H2,1H3,(H,19,21)/b9-5+. The molecule has 0 aliphatic heterocycles. The molecule has 3 aromatic rings. The molecule has 2 heterocycles. The van der Waals surface area contributed by atoms with Crippen molar-refractivity contribution in [2.24, 2.45) is 0 Å². The number of amides is 1. The van der Waals surface area contributed by atoms with E-state index in [1.54, 1.807) is 15.9 Å². The summed E-state index contributed by atoms with van der Waals surface area (Å²) in [6.07, 6.45) is 4.82. The minimum Gasteiger partial charge on any atom is -0.272 e. The Morgan fingerprint density at radius 1 is 1.30 bits per heavy atom. The molecule has 0 saturated heterocycles. The van der Waals surface area contributed by atoms with Gasteiger partial charge in [0.15, 0.2) is 0 Å². The Morgan fingerprint density at radius 2 is 2.17 bits per heavy atom. The summed E-state index contributed by atoms with van der Waals surface area (Å²) < 4.78 is 1.67. The van der Waals surface area contributed by atoms with Crippen molar-refractivity contribution in [2.45, 2.75) is 13.3 Å². The lowest BCUT2D eigenvalue weighted by molar-refractivity contribution is 0.0714. The second-order valence-electron chi connectivity index (χ2n) is 4.99. The maximum atomic E-state index is 12.4. The van der Waals surface area contributed by atoms with Crippen molar-refractivity contribution in [2.75, 3.05) is 6.61 Å². The number of aromatic nitrogens is 1. The quantitative estimate of drug-likeness (QED) is 0.703. The van der Waals surface area contributed by atoms with Crippen molar-refractivity contribution >= 4 is 34.3 Å². The van der Waals surface area contributed by atoms with Gasteiger partial charge >= 0.3 is 6.03 Å². The second-order valence-corrected chi connectivity index (χ2v) is 5.97. The van der Waals surface area contributed by atoms with Crippen molar-refractivity contribution in [3.63, 3.8) is 0 Å². The summed E-state index contributed by atoms with van der Waals surface area (Å²) in [6, 6.07) is 13.7. The van der Waals surface area contributed by atoms with Gasteiger partial charge < -0.3 is 0 Å². The van der Waals surface area contributed by atoms with Crippen LogP contribution in [0.4, 0.5) is 4.79 Å². The van der Waals surface area contributed by atoms with Crippen LogP contribution in [0.3, 0.4) is 0 Å². The zero-order valence-corrected chi connectivity index (χ0v) is 13.7. The lowest BCUT2D eigenvalue weighted by Crippen LogP contribution is -2.29. The number of carbonyl (C=O) groups excluding carboxylic acids is 1. The SMILES string of the molecule is CCONC(=O)n1c(C/C=C/c2cccs2)cc2ccccc21. The summed E-state index contributed by atoms with van der Waals surface area (Å²) >= 11 is 1.69. The highest BCUT2D eigenvalue weighted by Crippen LogP contribution is 2.21. The number of thiophene rings is 1. The first-order chi connectivity index (χ1) is 11.3. The molecular formula is C18H18N2O2S.